The van der Waals surface area contributed by atoms with Gasteiger partial charge in [0.1, 0.15) is 11.3 Å². The summed E-state index contributed by atoms with van der Waals surface area (Å²) in [7, 11) is 0. The highest BCUT2D eigenvalue weighted by molar-refractivity contribution is 6.03. The fourth-order valence-electron chi connectivity index (χ4n) is 5.52. The number of amidine groups is 1. The van der Waals surface area contributed by atoms with Crippen molar-refractivity contribution in [1.82, 2.24) is 20.1 Å². The molecular formula is C29H35N7. The largest absolute Gasteiger partial charge is 0.382 e. The van der Waals surface area contributed by atoms with E-state index in [0.29, 0.717) is 11.8 Å². The quantitative estimate of drug-likeness (QED) is 0.148. The third-order valence-electron chi connectivity index (χ3n) is 7.35. The van der Waals surface area contributed by atoms with Gasteiger partial charge in [-0.1, -0.05) is 62.2 Å². The molecule has 1 aliphatic carbocycles. The molecule has 4 aromatic rings. The molecule has 0 radical (unpaired) electrons. The van der Waals surface area contributed by atoms with Crippen LogP contribution in [0.4, 0.5) is 0 Å². The van der Waals surface area contributed by atoms with Crippen LogP contribution < -0.4 is 17.1 Å². The molecule has 1 saturated carbocycles. The lowest BCUT2D eigenvalue weighted by Gasteiger charge is -2.16. The highest BCUT2D eigenvalue weighted by Gasteiger charge is 2.20. The minimum Gasteiger partial charge on any atom is -0.382 e. The molecule has 1 aliphatic rings. The lowest BCUT2D eigenvalue weighted by Crippen LogP contribution is -2.23. The maximum Gasteiger partial charge on any atom is 0.160 e. The van der Waals surface area contributed by atoms with Crippen molar-refractivity contribution in [2.45, 2.75) is 65.3 Å². The summed E-state index contributed by atoms with van der Waals surface area (Å²) in [6, 6.07) is 17.4. The van der Waals surface area contributed by atoms with Crippen molar-refractivity contribution in [1.29, 1.82) is 0 Å². The molecule has 7 nitrogen and oxygen atoms in total. The summed E-state index contributed by atoms with van der Waals surface area (Å²) in [6.45, 7) is 7.02. The van der Waals surface area contributed by atoms with Gasteiger partial charge in [0.15, 0.2) is 11.5 Å². The van der Waals surface area contributed by atoms with Gasteiger partial charge >= 0.3 is 0 Å². The van der Waals surface area contributed by atoms with Crippen LogP contribution in [0.1, 0.15) is 72.3 Å². The van der Waals surface area contributed by atoms with Crippen LogP contribution in [0.3, 0.4) is 0 Å². The van der Waals surface area contributed by atoms with E-state index in [1.807, 2.05) is 6.92 Å². The number of nitrogens with one attached hydrogen (secondary N) is 1. The van der Waals surface area contributed by atoms with E-state index in [1.54, 1.807) is 0 Å². The van der Waals surface area contributed by atoms with Crippen molar-refractivity contribution in [2.75, 3.05) is 0 Å². The molecule has 0 atom stereocenters. The third-order valence-corrected chi connectivity index (χ3v) is 7.35. The van der Waals surface area contributed by atoms with Crippen LogP contribution in [0, 0.1) is 13.8 Å². The monoisotopic (exact) mass is 481 g/mol. The topological polar surface area (TPSA) is 107 Å². The maximum absolute atomic E-state index is 6.27. The van der Waals surface area contributed by atoms with E-state index < -0.39 is 0 Å². The fraction of sp³-hybridized carbons (Fsp3) is 0.345. The van der Waals surface area contributed by atoms with Crippen molar-refractivity contribution < 1.29 is 0 Å². The van der Waals surface area contributed by atoms with Crippen LogP contribution in [0.5, 0.6) is 0 Å². The predicted molar refractivity (Wildman–Crippen MR) is 147 cm³/mol. The van der Waals surface area contributed by atoms with Crippen molar-refractivity contribution in [3.05, 3.63) is 82.3 Å². The molecule has 2 heterocycles. The van der Waals surface area contributed by atoms with Crippen molar-refractivity contribution in [3.8, 4) is 11.1 Å². The van der Waals surface area contributed by atoms with Crippen LogP contribution in [0.25, 0.3) is 22.3 Å². The second kappa shape index (κ2) is 10.1. The number of aromatic nitrogens is 3. The van der Waals surface area contributed by atoms with Crippen molar-refractivity contribution in [3.63, 3.8) is 0 Å². The summed E-state index contributed by atoms with van der Waals surface area (Å²) in [5.41, 5.74) is 18.4. The molecule has 5 rings (SSSR count). The Morgan fingerprint density at radius 3 is 2.50 bits per heavy atom. The number of pyridine rings is 1. The summed E-state index contributed by atoms with van der Waals surface area (Å²) in [5, 5.41) is 4.04. The van der Waals surface area contributed by atoms with Gasteiger partial charge in [0.25, 0.3) is 0 Å². The average Bonchev–Trinajstić information content (AvgIpc) is 3.53. The third kappa shape index (κ3) is 4.58. The average molecular weight is 482 g/mol. The van der Waals surface area contributed by atoms with E-state index in [9.17, 15) is 0 Å². The van der Waals surface area contributed by atoms with Crippen LogP contribution in [-0.2, 0) is 13.0 Å². The first-order valence-corrected chi connectivity index (χ1v) is 12.8. The van der Waals surface area contributed by atoms with E-state index in [1.165, 1.54) is 42.4 Å². The fourth-order valence-corrected chi connectivity index (χ4v) is 5.52. The number of hydrazone groups is 1. The Labute approximate surface area is 212 Å². The van der Waals surface area contributed by atoms with E-state index in [-0.39, 0.29) is 0 Å². The summed E-state index contributed by atoms with van der Waals surface area (Å²) < 4.78 is 2.24. The Morgan fingerprint density at radius 1 is 1.06 bits per heavy atom. The molecule has 2 aromatic carbocycles. The number of hydrogen-bond donors (Lipinski definition) is 3. The molecule has 0 aliphatic heterocycles. The lowest BCUT2D eigenvalue weighted by atomic mass is 9.90. The summed E-state index contributed by atoms with van der Waals surface area (Å²) in [4.78, 5) is 9.71. The van der Waals surface area contributed by atoms with Crippen molar-refractivity contribution in [2.24, 2.45) is 16.7 Å². The Bertz CT molecular complexity index is 1410. The number of hydrogen-bond acceptors (Lipinski definition) is 5. The van der Waals surface area contributed by atoms with Gasteiger partial charge in [-0.25, -0.2) is 21.3 Å². The Kier molecular flexibility index (Phi) is 6.74. The first kappa shape index (κ1) is 24.0. The minimum atomic E-state index is 0.379. The van der Waals surface area contributed by atoms with Gasteiger partial charge < -0.3 is 10.3 Å². The standard InChI is InChI=1S/C29H35N7/c1-4-26-33-27-18(2)15-19(3)32-29(27)36(26)17-20-9-11-22(12-10-20)25-16-23(21-7-5-6-8-21)13-14-24(25)28(30)34-35-31/h9-16,21,35H,4-8,17,31H2,1-3H3,(H2,30,34). The van der Waals surface area contributed by atoms with Crippen LogP contribution in [0.15, 0.2) is 53.6 Å². The molecule has 0 spiro atoms. The molecule has 0 saturated heterocycles. The zero-order chi connectivity index (χ0) is 25.2. The van der Waals surface area contributed by atoms with Crippen LogP contribution in [0.2, 0.25) is 0 Å². The summed E-state index contributed by atoms with van der Waals surface area (Å²) in [6.07, 6.45) is 5.95. The minimum absolute atomic E-state index is 0.379. The molecule has 0 unspecified atom stereocenters. The Hall–Kier alpha value is -3.71. The zero-order valence-electron chi connectivity index (χ0n) is 21.4. The van der Waals surface area contributed by atoms with Crippen molar-refractivity contribution >= 4 is 17.0 Å². The van der Waals surface area contributed by atoms with E-state index in [4.69, 9.17) is 21.5 Å². The predicted octanol–water partition coefficient (Wildman–Crippen LogP) is 5.07. The molecule has 0 amide bonds. The summed E-state index contributed by atoms with van der Waals surface area (Å²) in [5.74, 6) is 7.47. The molecular weight excluding hydrogens is 446 g/mol. The first-order chi connectivity index (χ1) is 17.5. The van der Waals surface area contributed by atoms with Gasteiger partial charge in [0.05, 0.1) is 6.54 Å². The molecule has 7 heteroatoms. The number of hydrazine groups is 1. The second-order valence-corrected chi connectivity index (χ2v) is 9.83. The number of imidazole rings is 1. The Morgan fingerprint density at radius 2 is 1.81 bits per heavy atom. The number of benzene rings is 2. The molecule has 186 valence electrons. The number of nitrogens with zero attached hydrogens (tertiary/aromatic N) is 4. The first-order valence-electron chi connectivity index (χ1n) is 12.8. The second-order valence-electron chi connectivity index (χ2n) is 9.83. The number of rotatable bonds is 7. The highest BCUT2D eigenvalue weighted by Crippen LogP contribution is 2.37. The van der Waals surface area contributed by atoms with Gasteiger partial charge in [-0.15, -0.1) is 5.10 Å². The number of fused-ring (bicyclic) bond motifs is 1. The smallest absolute Gasteiger partial charge is 0.160 e. The molecule has 2 aromatic heterocycles. The Balaban J connectivity index is 1.51. The molecule has 36 heavy (non-hydrogen) atoms. The lowest BCUT2D eigenvalue weighted by molar-refractivity contribution is 0.723. The highest BCUT2D eigenvalue weighted by atomic mass is 15.5. The molecule has 1 fully saturated rings. The van der Waals surface area contributed by atoms with Gasteiger partial charge in [0.2, 0.25) is 0 Å². The SMILES string of the molecule is CCc1nc2c(C)cc(C)nc2n1Cc1ccc(-c2cc(C3CCCC3)ccc2/C(N)=N/NN)cc1. The van der Waals surface area contributed by atoms with Gasteiger partial charge in [0, 0.05) is 17.7 Å². The maximum atomic E-state index is 6.27. The van der Waals surface area contributed by atoms with Gasteiger partial charge in [-0.2, -0.15) is 0 Å². The molecule has 0 bridgehead atoms. The van der Waals surface area contributed by atoms with E-state index in [2.05, 4.69) is 77.6 Å². The summed E-state index contributed by atoms with van der Waals surface area (Å²) >= 11 is 0. The normalized spacial score (nSPS) is 14.6. The van der Waals surface area contributed by atoms with Crippen LogP contribution >= 0.6 is 0 Å². The van der Waals surface area contributed by atoms with Gasteiger partial charge in [-0.05, 0) is 66.5 Å². The number of nitrogens with two attached hydrogens (primary N) is 2. The van der Waals surface area contributed by atoms with E-state index >= 15 is 0 Å². The number of aryl methyl sites for hydroxylation is 3. The van der Waals surface area contributed by atoms with Crippen LogP contribution in [-0.4, -0.2) is 20.4 Å². The zero-order valence-corrected chi connectivity index (χ0v) is 21.4. The van der Waals surface area contributed by atoms with Gasteiger partial charge in [-0.3, -0.25) is 0 Å². The van der Waals surface area contributed by atoms with E-state index in [0.717, 1.165) is 52.3 Å². The molecule has 5 N–H and O–H groups in total.